The monoisotopic (exact) mass is 350 g/mol. The van der Waals surface area contributed by atoms with Crippen molar-refractivity contribution < 1.29 is 14.3 Å². The van der Waals surface area contributed by atoms with Gasteiger partial charge in [0.05, 0.1) is 0 Å². The molecule has 0 radical (unpaired) electrons. The Morgan fingerprint density at radius 2 is 1.80 bits per heavy atom. The van der Waals surface area contributed by atoms with Gasteiger partial charge < -0.3 is 15.0 Å². The van der Waals surface area contributed by atoms with Crippen molar-refractivity contribution in [3.63, 3.8) is 0 Å². The molecule has 1 saturated heterocycles. The normalized spacial score (nSPS) is 27.2. The third-order valence-electron chi connectivity index (χ3n) is 6.59. The number of nitrogens with zero attached hydrogens (tertiary/aromatic N) is 1. The number of rotatable bonds is 8. The second kappa shape index (κ2) is 8.52. The van der Waals surface area contributed by atoms with Crippen LogP contribution in [-0.2, 0) is 14.3 Å². The molecule has 3 aliphatic rings. The standard InChI is InChI=1S/C20H34N2O3/c1-3-25-13-18(23)22-12-15(10-14(22)2)11-21-20(24)19(16-6-4-7-16)17-8-5-9-17/h14-17,19H,3-13H2,1-2H3,(H,21,24). The molecule has 0 aromatic carbocycles. The lowest BCUT2D eigenvalue weighted by Gasteiger charge is -2.41. The van der Waals surface area contributed by atoms with Crippen LogP contribution >= 0.6 is 0 Å². The van der Waals surface area contributed by atoms with E-state index in [0.717, 1.165) is 13.0 Å². The molecule has 2 unspecified atom stereocenters. The minimum atomic E-state index is 0.0741. The molecule has 0 aromatic heterocycles. The lowest BCUT2D eigenvalue weighted by Crippen LogP contribution is -2.45. The van der Waals surface area contributed by atoms with Gasteiger partial charge in [-0.25, -0.2) is 0 Å². The fourth-order valence-corrected chi connectivity index (χ4v) is 4.68. The Balaban J connectivity index is 1.46. The molecule has 0 spiro atoms. The summed E-state index contributed by atoms with van der Waals surface area (Å²) in [6.07, 6.45) is 8.47. The van der Waals surface area contributed by atoms with Crippen LogP contribution in [0, 0.1) is 23.7 Å². The van der Waals surface area contributed by atoms with Crippen LogP contribution in [0.4, 0.5) is 0 Å². The van der Waals surface area contributed by atoms with Crippen molar-refractivity contribution >= 4 is 11.8 Å². The van der Waals surface area contributed by atoms with Crippen LogP contribution in [0.5, 0.6) is 0 Å². The third kappa shape index (κ3) is 4.36. The summed E-state index contributed by atoms with van der Waals surface area (Å²) in [4.78, 5) is 26.9. The van der Waals surface area contributed by atoms with Crippen LogP contribution in [0.25, 0.3) is 0 Å². The molecule has 2 saturated carbocycles. The van der Waals surface area contributed by atoms with Crippen molar-refractivity contribution in [1.29, 1.82) is 0 Å². The summed E-state index contributed by atoms with van der Waals surface area (Å²) < 4.78 is 5.25. The number of amides is 2. The minimum Gasteiger partial charge on any atom is -0.372 e. The predicted molar refractivity (Wildman–Crippen MR) is 97.0 cm³/mol. The van der Waals surface area contributed by atoms with Crippen LogP contribution in [0.1, 0.15) is 58.8 Å². The predicted octanol–water partition coefficient (Wildman–Crippen LogP) is 2.59. The number of hydrogen-bond acceptors (Lipinski definition) is 3. The second-order valence-corrected chi connectivity index (χ2v) is 8.29. The van der Waals surface area contributed by atoms with E-state index >= 15 is 0 Å². The molecule has 5 nitrogen and oxygen atoms in total. The number of carbonyl (C=O) groups excluding carboxylic acids is 2. The first-order chi connectivity index (χ1) is 12.1. The Hall–Kier alpha value is -1.10. The maximum absolute atomic E-state index is 12.8. The first-order valence-electron chi connectivity index (χ1n) is 10.2. The van der Waals surface area contributed by atoms with Crippen LogP contribution in [-0.4, -0.2) is 49.1 Å². The zero-order valence-electron chi connectivity index (χ0n) is 15.8. The van der Waals surface area contributed by atoms with E-state index in [4.69, 9.17) is 4.74 Å². The number of ether oxygens (including phenoxy) is 1. The Kier molecular flexibility index (Phi) is 6.37. The largest absolute Gasteiger partial charge is 0.372 e. The molecule has 2 amide bonds. The number of hydrogen-bond donors (Lipinski definition) is 1. The van der Waals surface area contributed by atoms with Gasteiger partial charge in [0.1, 0.15) is 6.61 Å². The van der Waals surface area contributed by atoms with E-state index in [1.165, 1.54) is 38.5 Å². The smallest absolute Gasteiger partial charge is 0.248 e. The molecule has 5 heteroatoms. The number of nitrogens with one attached hydrogen (secondary N) is 1. The first kappa shape index (κ1) is 18.7. The molecule has 3 fully saturated rings. The highest BCUT2D eigenvalue weighted by molar-refractivity contribution is 5.80. The van der Waals surface area contributed by atoms with Gasteiger partial charge in [0, 0.05) is 31.7 Å². The highest BCUT2D eigenvalue weighted by Crippen LogP contribution is 2.44. The summed E-state index contributed by atoms with van der Waals surface area (Å²) >= 11 is 0. The summed E-state index contributed by atoms with van der Waals surface area (Å²) in [5.41, 5.74) is 0. The molecule has 25 heavy (non-hydrogen) atoms. The Bertz CT molecular complexity index is 460. The van der Waals surface area contributed by atoms with Gasteiger partial charge >= 0.3 is 0 Å². The van der Waals surface area contributed by atoms with E-state index in [9.17, 15) is 9.59 Å². The average Bonchev–Trinajstić information content (AvgIpc) is 2.87. The van der Waals surface area contributed by atoms with Crippen LogP contribution in [0.3, 0.4) is 0 Å². The molecule has 142 valence electrons. The van der Waals surface area contributed by atoms with Crippen molar-refractivity contribution in [3.05, 3.63) is 0 Å². The molecule has 0 aromatic rings. The van der Waals surface area contributed by atoms with Gasteiger partial charge in [-0.3, -0.25) is 9.59 Å². The molecule has 0 bridgehead atoms. The Morgan fingerprint density at radius 3 is 2.32 bits per heavy atom. The topological polar surface area (TPSA) is 58.6 Å². The summed E-state index contributed by atoms with van der Waals surface area (Å²) in [5.74, 6) is 2.21. The zero-order valence-corrected chi connectivity index (χ0v) is 15.8. The van der Waals surface area contributed by atoms with E-state index in [1.807, 2.05) is 11.8 Å². The van der Waals surface area contributed by atoms with Crippen molar-refractivity contribution in [1.82, 2.24) is 10.2 Å². The van der Waals surface area contributed by atoms with Crippen molar-refractivity contribution in [2.75, 3.05) is 26.3 Å². The van der Waals surface area contributed by atoms with Crippen molar-refractivity contribution in [2.24, 2.45) is 23.7 Å². The fraction of sp³-hybridized carbons (Fsp3) is 0.900. The van der Waals surface area contributed by atoms with Crippen LogP contribution < -0.4 is 5.32 Å². The molecule has 1 N–H and O–H groups in total. The summed E-state index contributed by atoms with van der Waals surface area (Å²) in [5, 5.41) is 3.24. The van der Waals surface area contributed by atoms with E-state index in [2.05, 4.69) is 12.2 Å². The summed E-state index contributed by atoms with van der Waals surface area (Å²) in [6, 6.07) is 0.240. The summed E-state index contributed by atoms with van der Waals surface area (Å²) in [6.45, 7) is 6.18. The maximum atomic E-state index is 12.8. The third-order valence-corrected chi connectivity index (χ3v) is 6.59. The summed E-state index contributed by atoms with van der Waals surface area (Å²) in [7, 11) is 0. The Morgan fingerprint density at radius 1 is 1.16 bits per heavy atom. The van der Waals surface area contributed by atoms with E-state index in [1.54, 1.807) is 0 Å². The maximum Gasteiger partial charge on any atom is 0.248 e. The van der Waals surface area contributed by atoms with Gasteiger partial charge in [0.2, 0.25) is 11.8 Å². The molecule has 3 rings (SSSR count). The first-order valence-corrected chi connectivity index (χ1v) is 10.2. The van der Waals surface area contributed by atoms with Gasteiger partial charge in [-0.2, -0.15) is 0 Å². The van der Waals surface area contributed by atoms with Gasteiger partial charge in [-0.1, -0.05) is 12.8 Å². The van der Waals surface area contributed by atoms with E-state index in [0.29, 0.717) is 30.9 Å². The average molecular weight is 351 g/mol. The van der Waals surface area contributed by atoms with E-state index in [-0.39, 0.29) is 30.4 Å². The van der Waals surface area contributed by atoms with Crippen LogP contribution in [0.15, 0.2) is 0 Å². The lowest BCUT2D eigenvalue weighted by molar-refractivity contribution is -0.136. The molecule has 1 heterocycles. The highest BCUT2D eigenvalue weighted by atomic mass is 16.5. The number of carbonyl (C=O) groups is 2. The van der Waals surface area contributed by atoms with Gasteiger partial charge in [0.15, 0.2) is 0 Å². The minimum absolute atomic E-state index is 0.0741. The number of likely N-dealkylation sites (tertiary alicyclic amines) is 1. The van der Waals surface area contributed by atoms with Crippen molar-refractivity contribution in [3.8, 4) is 0 Å². The van der Waals surface area contributed by atoms with Gasteiger partial charge in [-0.05, 0) is 63.7 Å². The molecule has 1 aliphatic heterocycles. The Labute approximate surface area is 151 Å². The van der Waals surface area contributed by atoms with Crippen LogP contribution in [0.2, 0.25) is 0 Å². The molecule has 2 atom stereocenters. The van der Waals surface area contributed by atoms with Gasteiger partial charge in [0.25, 0.3) is 0 Å². The zero-order chi connectivity index (χ0) is 17.8. The fourth-order valence-electron chi connectivity index (χ4n) is 4.68. The highest BCUT2D eigenvalue weighted by Gasteiger charge is 2.41. The van der Waals surface area contributed by atoms with Crippen molar-refractivity contribution in [2.45, 2.75) is 64.8 Å². The lowest BCUT2D eigenvalue weighted by atomic mass is 9.64. The van der Waals surface area contributed by atoms with E-state index < -0.39 is 0 Å². The second-order valence-electron chi connectivity index (χ2n) is 8.29. The molecular formula is C20H34N2O3. The van der Waals surface area contributed by atoms with Gasteiger partial charge in [-0.15, -0.1) is 0 Å². The molecular weight excluding hydrogens is 316 g/mol. The quantitative estimate of drug-likeness (QED) is 0.732. The SMILES string of the molecule is CCOCC(=O)N1CC(CNC(=O)C(C2CCC2)C2CCC2)CC1C. The molecule has 2 aliphatic carbocycles.